The van der Waals surface area contributed by atoms with Gasteiger partial charge in [0.05, 0.1) is 12.0 Å². The van der Waals surface area contributed by atoms with E-state index in [-0.39, 0.29) is 11.7 Å². The van der Waals surface area contributed by atoms with E-state index in [4.69, 9.17) is 0 Å². The summed E-state index contributed by atoms with van der Waals surface area (Å²) in [7, 11) is 0. The molecule has 0 saturated heterocycles. The first-order valence-electron chi connectivity index (χ1n) is 8.68. The van der Waals surface area contributed by atoms with E-state index in [1.807, 2.05) is 73.0 Å². The topological polar surface area (TPSA) is 72.2 Å². The van der Waals surface area contributed by atoms with Crippen molar-refractivity contribution in [2.45, 2.75) is 25.5 Å². The molecule has 138 valence electrons. The maximum atomic E-state index is 12.1. The Kier molecular flexibility index (Phi) is 6.38. The van der Waals surface area contributed by atoms with Crippen molar-refractivity contribution in [1.82, 2.24) is 20.2 Å². The van der Waals surface area contributed by atoms with Crippen LogP contribution in [0.15, 0.2) is 64.9 Å². The summed E-state index contributed by atoms with van der Waals surface area (Å²) in [4.78, 5) is 12.1. The van der Waals surface area contributed by atoms with Gasteiger partial charge in [-0.15, -0.1) is 10.2 Å². The predicted molar refractivity (Wildman–Crippen MR) is 109 cm³/mol. The SMILES string of the molecule is CCn1c(SCC(=O)N/N=C/c2ccccc2C)nnc1-c1ccccc1. The highest BCUT2D eigenvalue weighted by Crippen LogP contribution is 2.23. The normalized spacial score (nSPS) is 11.0. The first-order chi connectivity index (χ1) is 13.2. The molecule has 1 N–H and O–H groups in total. The Labute approximate surface area is 162 Å². The van der Waals surface area contributed by atoms with Crippen LogP contribution >= 0.6 is 11.8 Å². The molecule has 0 unspecified atom stereocenters. The van der Waals surface area contributed by atoms with Gasteiger partial charge in [0.25, 0.3) is 5.91 Å². The van der Waals surface area contributed by atoms with Crippen molar-refractivity contribution in [1.29, 1.82) is 0 Å². The van der Waals surface area contributed by atoms with Crippen LogP contribution < -0.4 is 5.43 Å². The number of hydrazone groups is 1. The van der Waals surface area contributed by atoms with Crippen LogP contribution in [0.3, 0.4) is 0 Å². The molecule has 7 heteroatoms. The summed E-state index contributed by atoms with van der Waals surface area (Å²) >= 11 is 1.35. The Hall–Kier alpha value is -2.93. The van der Waals surface area contributed by atoms with Crippen molar-refractivity contribution in [2.75, 3.05) is 5.75 Å². The van der Waals surface area contributed by atoms with E-state index < -0.39 is 0 Å². The van der Waals surface area contributed by atoms with Crippen LogP contribution in [-0.2, 0) is 11.3 Å². The van der Waals surface area contributed by atoms with Crippen molar-refractivity contribution in [3.05, 3.63) is 65.7 Å². The number of aryl methyl sites for hydroxylation is 1. The lowest BCUT2D eigenvalue weighted by molar-refractivity contribution is -0.118. The monoisotopic (exact) mass is 379 g/mol. The first kappa shape index (κ1) is 18.8. The summed E-state index contributed by atoms with van der Waals surface area (Å²) in [5.74, 6) is 0.841. The van der Waals surface area contributed by atoms with Crippen LogP contribution in [0.5, 0.6) is 0 Å². The third-order valence-corrected chi connectivity index (χ3v) is 4.95. The molecule has 27 heavy (non-hydrogen) atoms. The minimum absolute atomic E-state index is 0.184. The third kappa shape index (κ3) is 4.83. The van der Waals surface area contributed by atoms with Gasteiger partial charge in [-0.25, -0.2) is 5.43 Å². The molecule has 6 nitrogen and oxygen atoms in total. The van der Waals surface area contributed by atoms with E-state index in [1.165, 1.54) is 11.8 Å². The second kappa shape index (κ2) is 9.14. The van der Waals surface area contributed by atoms with E-state index in [1.54, 1.807) is 6.21 Å². The van der Waals surface area contributed by atoms with Crippen LogP contribution in [0.1, 0.15) is 18.1 Å². The molecule has 3 rings (SSSR count). The highest BCUT2D eigenvalue weighted by Gasteiger charge is 2.14. The average molecular weight is 379 g/mol. The number of rotatable bonds is 7. The van der Waals surface area contributed by atoms with Gasteiger partial charge < -0.3 is 4.57 Å². The van der Waals surface area contributed by atoms with Crippen LogP contribution in [0.4, 0.5) is 0 Å². The quantitative estimate of drug-likeness (QED) is 0.387. The Bertz CT molecular complexity index is 937. The Morgan fingerprint density at radius 1 is 1.15 bits per heavy atom. The lowest BCUT2D eigenvalue weighted by Crippen LogP contribution is -2.20. The number of nitrogens with one attached hydrogen (secondary N) is 1. The van der Waals surface area contributed by atoms with Crippen molar-refractivity contribution >= 4 is 23.9 Å². The van der Waals surface area contributed by atoms with Crippen LogP contribution in [0.2, 0.25) is 0 Å². The average Bonchev–Trinajstić information content (AvgIpc) is 3.11. The van der Waals surface area contributed by atoms with Gasteiger partial charge in [0, 0.05) is 12.1 Å². The molecular formula is C20H21N5OS. The Morgan fingerprint density at radius 3 is 2.63 bits per heavy atom. The van der Waals surface area contributed by atoms with Gasteiger partial charge >= 0.3 is 0 Å². The van der Waals surface area contributed by atoms with Gasteiger partial charge in [-0.2, -0.15) is 5.10 Å². The zero-order valence-corrected chi connectivity index (χ0v) is 16.1. The molecule has 0 aliphatic heterocycles. The van der Waals surface area contributed by atoms with Crippen LogP contribution in [0.25, 0.3) is 11.4 Å². The predicted octanol–water partition coefficient (Wildman–Crippen LogP) is 3.52. The summed E-state index contributed by atoms with van der Waals surface area (Å²) in [6, 6.07) is 17.8. The Balaban J connectivity index is 1.59. The van der Waals surface area contributed by atoms with E-state index in [2.05, 4.69) is 20.7 Å². The number of aromatic nitrogens is 3. The lowest BCUT2D eigenvalue weighted by atomic mass is 10.1. The molecule has 0 spiro atoms. The molecule has 0 aliphatic rings. The summed E-state index contributed by atoms with van der Waals surface area (Å²) in [5, 5.41) is 13.3. The first-order valence-corrected chi connectivity index (χ1v) is 9.66. The standard InChI is InChI=1S/C20H21N5OS/c1-3-25-19(16-10-5-4-6-11-16)23-24-20(25)27-14-18(26)22-21-13-17-12-8-7-9-15(17)2/h4-13H,3,14H2,1-2H3,(H,22,26)/b21-13+. The molecule has 2 aromatic carbocycles. The van der Waals surface area contributed by atoms with Gasteiger partial charge in [-0.3, -0.25) is 4.79 Å². The number of benzene rings is 2. The lowest BCUT2D eigenvalue weighted by Gasteiger charge is -2.06. The molecule has 0 radical (unpaired) electrons. The minimum Gasteiger partial charge on any atom is -0.302 e. The van der Waals surface area contributed by atoms with Crippen molar-refractivity contribution < 1.29 is 4.79 Å². The molecule has 3 aromatic rings. The number of hydrogen-bond acceptors (Lipinski definition) is 5. The zero-order chi connectivity index (χ0) is 19.1. The van der Waals surface area contributed by atoms with Crippen molar-refractivity contribution in [3.63, 3.8) is 0 Å². The summed E-state index contributed by atoms with van der Waals surface area (Å²) in [5.41, 5.74) is 5.64. The molecule has 0 saturated carbocycles. The fourth-order valence-corrected chi connectivity index (χ4v) is 3.34. The molecule has 0 bridgehead atoms. The van der Waals surface area contributed by atoms with E-state index in [0.29, 0.717) is 0 Å². The summed E-state index contributed by atoms with van der Waals surface area (Å²) in [6.45, 7) is 4.76. The largest absolute Gasteiger partial charge is 0.302 e. The molecule has 1 amide bonds. The van der Waals surface area contributed by atoms with Gasteiger partial charge in [0.1, 0.15) is 0 Å². The zero-order valence-electron chi connectivity index (χ0n) is 15.3. The van der Waals surface area contributed by atoms with Crippen LogP contribution in [-0.4, -0.2) is 32.6 Å². The molecule has 0 fully saturated rings. The highest BCUT2D eigenvalue weighted by molar-refractivity contribution is 7.99. The van der Waals surface area contributed by atoms with E-state index in [0.717, 1.165) is 34.2 Å². The molecule has 1 heterocycles. The van der Waals surface area contributed by atoms with Gasteiger partial charge in [0.15, 0.2) is 11.0 Å². The van der Waals surface area contributed by atoms with E-state index >= 15 is 0 Å². The number of carbonyl (C=O) groups excluding carboxylic acids is 1. The maximum absolute atomic E-state index is 12.1. The second-order valence-electron chi connectivity index (χ2n) is 5.85. The third-order valence-electron chi connectivity index (χ3n) is 3.98. The summed E-state index contributed by atoms with van der Waals surface area (Å²) in [6.07, 6.45) is 1.65. The van der Waals surface area contributed by atoms with E-state index in [9.17, 15) is 4.79 Å². The van der Waals surface area contributed by atoms with Crippen molar-refractivity contribution in [2.24, 2.45) is 5.10 Å². The van der Waals surface area contributed by atoms with Gasteiger partial charge in [-0.1, -0.05) is 66.4 Å². The Morgan fingerprint density at radius 2 is 1.89 bits per heavy atom. The second-order valence-corrected chi connectivity index (χ2v) is 6.80. The smallest absolute Gasteiger partial charge is 0.250 e. The number of amides is 1. The number of nitrogens with zero attached hydrogens (tertiary/aromatic N) is 4. The number of hydrogen-bond donors (Lipinski definition) is 1. The highest BCUT2D eigenvalue weighted by atomic mass is 32.2. The number of thioether (sulfide) groups is 1. The van der Waals surface area contributed by atoms with Gasteiger partial charge in [0.2, 0.25) is 0 Å². The number of carbonyl (C=O) groups is 1. The summed E-state index contributed by atoms with van der Waals surface area (Å²) < 4.78 is 2.00. The molecule has 0 atom stereocenters. The van der Waals surface area contributed by atoms with Crippen LogP contribution in [0, 0.1) is 6.92 Å². The minimum atomic E-state index is -0.184. The van der Waals surface area contributed by atoms with Crippen molar-refractivity contribution in [3.8, 4) is 11.4 Å². The molecule has 0 aliphatic carbocycles. The molecular weight excluding hydrogens is 358 g/mol. The fourth-order valence-electron chi connectivity index (χ4n) is 2.55. The fraction of sp³-hybridized carbons (Fsp3) is 0.200. The molecule has 1 aromatic heterocycles. The van der Waals surface area contributed by atoms with Gasteiger partial charge in [-0.05, 0) is 25.0 Å². The maximum Gasteiger partial charge on any atom is 0.250 e.